The molecule has 0 amide bonds. The molecular weight excluding hydrogens is 252 g/mol. The van der Waals surface area contributed by atoms with Crippen LogP contribution in [0.25, 0.3) is 11.0 Å². The average Bonchev–Trinajstić information content (AvgIpc) is 2.78. The highest BCUT2D eigenvalue weighted by Crippen LogP contribution is 2.17. The molecule has 1 aliphatic heterocycles. The number of ether oxygens (including phenoxy) is 1. The molecule has 0 bridgehead atoms. The van der Waals surface area contributed by atoms with E-state index in [0.717, 1.165) is 49.6 Å². The third-order valence-electron chi connectivity index (χ3n) is 3.09. The predicted molar refractivity (Wildman–Crippen MR) is 70.7 cm³/mol. The Morgan fingerprint density at radius 3 is 2.94 bits per heavy atom. The van der Waals surface area contributed by atoms with Crippen molar-refractivity contribution in [1.29, 1.82) is 0 Å². The van der Waals surface area contributed by atoms with Gasteiger partial charge in [-0.25, -0.2) is 9.66 Å². The number of aromatic nitrogens is 3. The smallest absolute Gasteiger partial charge is 0.130 e. The summed E-state index contributed by atoms with van der Waals surface area (Å²) < 4.78 is 7.56. The molecule has 0 atom stereocenters. The maximum Gasteiger partial charge on any atom is 0.130 e. The van der Waals surface area contributed by atoms with Gasteiger partial charge in [0.05, 0.1) is 38.0 Å². The first-order valence-corrected chi connectivity index (χ1v) is 6.64. The Labute approximate surface area is 110 Å². The first kappa shape index (κ1) is 11.7. The highest BCUT2D eigenvalue weighted by Gasteiger charge is 2.18. The Kier molecular flexibility index (Phi) is 3.34. The van der Waals surface area contributed by atoms with E-state index in [2.05, 4.69) is 19.7 Å². The van der Waals surface area contributed by atoms with E-state index < -0.39 is 0 Å². The minimum Gasteiger partial charge on any atom is -0.378 e. The van der Waals surface area contributed by atoms with Gasteiger partial charge >= 0.3 is 0 Å². The molecule has 5 nitrogen and oxygen atoms in total. The molecule has 1 fully saturated rings. The Bertz CT molecular complexity index is 536. The predicted octanol–water partition coefficient (Wildman–Crippen LogP) is 1.18. The number of nitrogens with zero attached hydrogens (tertiary/aromatic N) is 4. The fourth-order valence-corrected chi connectivity index (χ4v) is 2.45. The van der Waals surface area contributed by atoms with Crippen LogP contribution in [0.15, 0.2) is 18.5 Å². The summed E-state index contributed by atoms with van der Waals surface area (Å²) in [4.78, 5) is 8.73. The van der Waals surface area contributed by atoms with Crippen molar-refractivity contribution in [2.24, 2.45) is 0 Å². The van der Waals surface area contributed by atoms with E-state index >= 15 is 0 Å². The average molecular weight is 267 g/mol. The number of morpholine rings is 1. The summed E-state index contributed by atoms with van der Waals surface area (Å²) in [7, 11) is 0. The highest BCUT2D eigenvalue weighted by molar-refractivity contribution is 6.17. The van der Waals surface area contributed by atoms with E-state index in [-0.39, 0.29) is 0 Å². The minimum atomic E-state index is 0.571. The molecule has 3 rings (SSSR count). The van der Waals surface area contributed by atoms with Crippen molar-refractivity contribution in [2.45, 2.75) is 6.42 Å². The summed E-state index contributed by atoms with van der Waals surface area (Å²) in [5, 5.41) is 2.26. The molecule has 0 saturated carbocycles. The van der Waals surface area contributed by atoms with Crippen LogP contribution in [0.5, 0.6) is 0 Å². The van der Waals surface area contributed by atoms with E-state index in [1.807, 2.05) is 6.07 Å². The standard InChI is InChI=1S/C12H15ClN4O/c13-3-1-12-15-10-9-14-4-2-11(10)17(12)16-5-7-18-8-6-16/h2,4,9H,1,3,5-8H2. The van der Waals surface area contributed by atoms with Crippen LogP contribution < -0.4 is 5.01 Å². The molecule has 0 aliphatic carbocycles. The van der Waals surface area contributed by atoms with Crippen molar-refractivity contribution < 1.29 is 4.74 Å². The summed E-state index contributed by atoms with van der Waals surface area (Å²) >= 11 is 5.86. The van der Waals surface area contributed by atoms with E-state index in [9.17, 15) is 0 Å². The van der Waals surface area contributed by atoms with Gasteiger partial charge in [0.1, 0.15) is 11.3 Å². The lowest BCUT2D eigenvalue weighted by Crippen LogP contribution is -2.44. The molecule has 1 saturated heterocycles. The molecule has 6 heteroatoms. The molecule has 0 spiro atoms. The fourth-order valence-electron chi connectivity index (χ4n) is 2.29. The Balaban J connectivity index is 2.07. The largest absolute Gasteiger partial charge is 0.378 e. The number of halogens is 1. The molecule has 0 radical (unpaired) electrons. The quantitative estimate of drug-likeness (QED) is 0.783. The molecule has 1 aliphatic rings. The molecule has 2 aromatic heterocycles. The number of imidazole rings is 1. The lowest BCUT2D eigenvalue weighted by Gasteiger charge is -2.31. The second-order valence-corrected chi connectivity index (χ2v) is 4.59. The molecule has 18 heavy (non-hydrogen) atoms. The maximum atomic E-state index is 5.86. The lowest BCUT2D eigenvalue weighted by atomic mass is 10.4. The zero-order valence-corrected chi connectivity index (χ0v) is 10.8. The van der Waals surface area contributed by atoms with Crippen molar-refractivity contribution in [3.05, 3.63) is 24.3 Å². The number of hydrogen-bond acceptors (Lipinski definition) is 4. The van der Waals surface area contributed by atoms with E-state index in [1.54, 1.807) is 12.4 Å². The van der Waals surface area contributed by atoms with Crippen molar-refractivity contribution in [3.8, 4) is 0 Å². The molecule has 2 aromatic rings. The van der Waals surface area contributed by atoms with Crippen LogP contribution in [-0.2, 0) is 11.2 Å². The SMILES string of the molecule is ClCCc1nc2cnccc2n1N1CCOCC1. The minimum absolute atomic E-state index is 0.571. The number of fused-ring (bicyclic) bond motifs is 1. The molecular formula is C12H15ClN4O. The first-order valence-electron chi connectivity index (χ1n) is 6.10. The van der Waals surface area contributed by atoms with Crippen LogP contribution in [-0.4, -0.2) is 46.8 Å². The summed E-state index contributed by atoms with van der Waals surface area (Å²) in [6.07, 6.45) is 4.35. The number of aryl methyl sites for hydroxylation is 1. The topological polar surface area (TPSA) is 43.2 Å². The summed E-state index contributed by atoms with van der Waals surface area (Å²) in [6, 6.07) is 2.00. The van der Waals surface area contributed by atoms with Crippen LogP contribution in [0.2, 0.25) is 0 Å². The summed E-state index contributed by atoms with van der Waals surface area (Å²) in [5.41, 5.74) is 2.01. The molecule has 0 N–H and O–H groups in total. The van der Waals surface area contributed by atoms with E-state index in [0.29, 0.717) is 5.88 Å². The molecule has 0 aromatic carbocycles. The summed E-state index contributed by atoms with van der Waals surface area (Å²) in [5.74, 6) is 1.57. The zero-order chi connectivity index (χ0) is 12.4. The van der Waals surface area contributed by atoms with Crippen LogP contribution >= 0.6 is 11.6 Å². The first-order chi connectivity index (χ1) is 8.90. The van der Waals surface area contributed by atoms with Crippen molar-refractivity contribution >= 4 is 22.6 Å². The fraction of sp³-hybridized carbons (Fsp3) is 0.500. The molecule has 0 unspecified atom stereocenters. The van der Waals surface area contributed by atoms with Crippen molar-refractivity contribution in [1.82, 2.24) is 14.6 Å². The van der Waals surface area contributed by atoms with Crippen LogP contribution in [0.3, 0.4) is 0 Å². The van der Waals surface area contributed by atoms with Gasteiger partial charge in [-0.05, 0) is 6.07 Å². The Hall–Kier alpha value is -1.33. The van der Waals surface area contributed by atoms with Gasteiger partial charge in [-0.1, -0.05) is 0 Å². The van der Waals surface area contributed by atoms with Gasteiger partial charge in [0.15, 0.2) is 0 Å². The second-order valence-electron chi connectivity index (χ2n) is 4.21. The Morgan fingerprint density at radius 2 is 2.17 bits per heavy atom. The number of hydrogen-bond donors (Lipinski definition) is 0. The Morgan fingerprint density at radius 1 is 1.33 bits per heavy atom. The summed E-state index contributed by atoms with van der Waals surface area (Å²) in [6.45, 7) is 3.27. The van der Waals surface area contributed by atoms with Gasteiger partial charge in [-0.3, -0.25) is 4.98 Å². The number of pyridine rings is 1. The van der Waals surface area contributed by atoms with Gasteiger partial charge < -0.3 is 9.75 Å². The maximum absolute atomic E-state index is 5.86. The normalized spacial score (nSPS) is 16.4. The van der Waals surface area contributed by atoms with Crippen LogP contribution in [0.1, 0.15) is 5.82 Å². The zero-order valence-electron chi connectivity index (χ0n) is 10.0. The second kappa shape index (κ2) is 5.12. The van der Waals surface area contributed by atoms with Gasteiger partial charge in [0, 0.05) is 18.5 Å². The van der Waals surface area contributed by atoms with Crippen LogP contribution in [0.4, 0.5) is 0 Å². The number of alkyl halides is 1. The monoisotopic (exact) mass is 266 g/mol. The van der Waals surface area contributed by atoms with Gasteiger partial charge in [0.25, 0.3) is 0 Å². The van der Waals surface area contributed by atoms with Gasteiger partial charge in [-0.2, -0.15) is 0 Å². The third-order valence-corrected chi connectivity index (χ3v) is 3.28. The van der Waals surface area contributed by atoms with Crippen LogP contribution in [0, 0.1) is 0 Å². The third kappa shape index (κ3) is 2.04. The van der Waals surface area contributed by atoms with Crippen molar-refractivity contribution in [3.63, 3.8) is 0 Å². The number of rotatable bonds is 3. The highest BCUT2D eigenvalue weighted by atomic mass is 35.5. The lowest BCUT2D eigenvalue weighted by molar-refractivity contribution is 0.111. The van der Waals surface area contributed by atoms with E-state index in [4.69, 9.17) is 16.3 Å². The molecule has 3 heterocycles. The van der Waals surface area contributed by atoms with E-state index in [1.165, 1.54) is 0 Å². The van der Waals surface area contributed by atoms with Crippen molar-refractivity contribution in [2.75, 3.05) is 37.2 Å². The molecule has 96 valence electrons. The van der Waals surface area contributed by atoms with Gasteiger partial charge in [0.2, 0.25) is 0 Å². The van der Waals surface area contributed by atoms with Gasteiger partial charge in [-0.15, -0.1) is 11.6 Å².